The second kappa shape index (κ2) is 5.06. The summed E-state index contributed by atoms with van der Waals surface area (Å²) in [5, 5.41) is 18.4. The average molecular weight is 217 g/mol. The zero-order chi connectivity index (χ0) is 11.4. The molecule has 0 aromatic heterocycles. The third-order valence-corrected chi connectivity index (χ3v) is 2.08. The number of carbonyl (C=O) groups excluding carboxylic acids is 2. The van der Waals surface area contributed by atoms with Crippen molar-refractivity contribution in [2.75, 3.05) is 19.6 Å². The van der Waals surface area contributed by atoms with Gasteiger partial charge in [-0.3, -0.25) is 25.3 Å². The smallest absolute Gasteiger partial charge is 0.252 e. The van der Waals surface area contributed by atoms with Crippen molar-refractivity contribution in [1.82, 2.24) is 15.8 Å². The molecular weight excluding hydrogens is 202 g/mol. The maximum absolute atomic E-state index is 11.2. The molecule has 7 nitrogen and oxygen atoms in total. The van der Waals surface area contributed by atoms with E-state index in [4.69, 9.17) is 0 Å². The van der Waals surface area contributed by atoms with Gasteiger partial charge >= 0.3 is 0 Å². The summed E-state index contributed by atoms with van der Waals surface area (Å²) < 4.78 is 0. The average Bonchev–Trinajstić information content (AvgIpc) is 2.42. The lowest BCUT2D eigenvalue weighted by atomic mass is 10.3. The van der Waals surface area contributed by atoms with Gasteiger partial charge in [0.1, 0.15) is 0 Å². The molecule has 1 aliphatic rings. The molecule has 0 bridgehead atoms. The van der Waals surface area contributed by atoms with Crippen LogP contribution in [0.2, 0.25) is 0 Å². The van der Waals surface area contributed by atoms with Crippen molar-refractivity contribution in [3.8, 4) is 0 Å². The van der Waals surface area contributed by atoms with E-state index in [1.165, 1.54) is 6.92 Å². The van der Waals surface area contributed by atoms with Crippen molar-refractivity contribution in [2.45, 2.75) is 19.1 Å². The number of hydrogen-bond acceptors (Lipinski definition) is 5. The lowest BCUT2D eigenvalue weighted by Gasteiger charge is -2.13. The topological polar surface area (TPSA) is 102 Å². The molecule has 0 spiro atoms. The quantitative estimate of drug-likeness (QED) is 0.374. The van der Waals surface area contributed by atoms with E-state index in [2.05, 4.69) is 10.9 Å². The number of aliphatic hydroxyl groups is 2. The van der Waals surface area contributed by atoms with Crippen LogP contribution in [0.1, 0.15) is 6.92 Å². The van der Waals surface area contributed by atoms with Crippen molar-refractivity contribution >= 4 is 11.8 Å². The summed E-state index contributed by atoms with van der Waals surface area (Å²) in [5.41, 5.74) is 4.35. The Labute approximate surface area is 87.0 Å². The number of β-amino-alcohol motifs (C(OH)–C–C–N with tert-alkyl or cyclic N) is 2. The van der Waals surface area contributed by atoms with Crippen molar-refractivity contribution in [1.29, 1.82) is 0 Å². The van der Waals surface area contributed by atoms with Crippen LogP contribution in [-0.4, -0.2) is 58.8 Å². The summed E-state index contributed by atoms with van der Waals surface area (Å²) in [6.45, 7) is 1.83. The molecule has 1 fully saturated rings. The molecule has 1 saturated heterocycles. The highest BCUT2D eigenvalue weighted by Crippen LogP contribution is 2.08. The van der Waals surface area contributed by atoms with Crippen LogP contribution in [0.15, 0.2) is 0 Å². The van der Waals surface area contributed by atoms with Crippen LogP contribution >= 0.6 is 0 Å². The minimum absolute atomic E-state index is 0.0361. The molecule has 0 unspecified atom stereocenters. The molecule has 86 valence electrons. The van der Waals surface area contributed by atoms with Crippen LogP contribution in [0.4, 0.5) is 0 Å². The Morgan fingerprint density at radius 1 is 1.27 bits per heavy atom. The number of aliphatic hydroxyl groups excluding tert-OH is 2. The van der Waals surface area contributed by atoms with Crippen LogP contribution in [-0.2, 0) is 9.59 Å². The molecule has 7 heteroatoms. The third-order valence-electron chi connectivity index (χ3n) is 2.08. The molecule has 0 aromatic rings. The van der Waals surface area contributed by atoms with Gasteiger partial charge in [0, 0.05) is 20.0 Å². The molecule has 0 aliphatic carbocycles. The minimum Gasteiger partial charge on any atom is -0.389 e. The summed E-state index contributed by atoms with van der Waals surface area (Å²) in [7, 11) is 0. The van der Waals surface area contributed by atoms with Gasteiger partial charge in [0.25, 0.3) is 5.91 Å². The molecule has 0 saturated carbocycles. The maximum atomic E-state index is 11.2. The fourth-order valence-electron chi connectivity index (χ4n) is 1.38. The van der Waals surface area contributed by atoms with E-state index in [9.17, 15) is 19.8 Å². The number of carbonyl (C=O) groups is 2. The van der Waals surface area contributed by atoms with Crippen LogP contribution in [0.3, 0.4) is 0 Å². The van der Waals surface area contributed by atoms with Crippen LogP contribution in [0.25, 0.3) is 0 Å². The van der Waals surface area contributed by atoms with Gasteiger partial charge in [0.15, 0.2) is 0 Å². The first-order chi connectivity index (χ1) is 6.99. The first-order valence-electron chi connectivity index (χ1n) is 4.63. The van der Waals surface area contributed by atoms with Crippen LogP contribution in [0, 0.1) is 0 Å². The Kier molecular flexibility index (Phi) is 4.01. The molecule has 0 aromatic carbocycles. The third kappa shape index (κ3) is 3.82. The second-order valence-corrected chi connectivity index (χ2v) is 3.56. The zero-order valence-electron chi connectivity index (χ0n) is 8.43. The fourth-order valence-corrected chi connectivity index (χ4v) is 1.38. The van der Waals surface area contributed by atoms with Crippen molar-refractivity contribution < 1.29 is 19.8 Å². The fraction of sp³-hybridized carbons (Fsp3) is 0.750. The van der Waals surface area contributed by atoms with Gasteiger partial charge in [-0.25, -0.2) is 0 Å². The predicted molar refractivity (Wildman–Crippen MR) is 50.4 cm³/mol. The van der Waals surface area contributed by atoms with E-state index in [-0.39, 0.29) is 31.4 Å². The number of likely N-dealkylation sites (tertiary alicyclic amines) is 1. The molecule has 2 amide bonds. The first kappa shape index (κ1) is 11.9. The SMILES string of the molecule is CC(=O)NNC(=O)CN1C[C@@H](O)[C@@H](O)C1. The van der Waals surface area contributed by atoms with Gasteiger partial charge in [-0.05, 0) is 0 Å². The summed E-state index contributed by atoms with van der Waals surface area (Å²) in [5.74, 6) is -0.739. The van der Waals surface area contributed by atoms with Crippen molar-refractivity contribution in [3.63, 3.8) is 0 Å². The first-order valence-corrected chi connectivity index (χ1v) is 4.63. The van der Waals surface area contributed by atoms with Gasteiger partial charge in [-0.1, -0.05) is 0 Å². The van der Waals surface area contributed by atoms with Crippen LogP contribution in [0.5, 0.6) is 0 Å². The summed E-state index contributed by atoms with van der Waals surface area (Å²) in [4.78, 5) is 23.3. The number of nitrogens with zero attached hydrogens (tertiary/aromatic N) is 1. The van der Waals surface area contributed by atoms with E-state index < -0.39 is 12.2 Å². The lowest BCUT2D eigenvalue weighted by Crippen LogP contribution is -2.45. The highest BCUT2D eigenvalue weighted by Gasteiger charge is 2.30. The summed E-state index contributed by atoms with van der Waals surface area (Å²) >= 11 is 0. The number of hydrogen-bond donors (Lipinski definition) is 4. The Hall–Kier alpha value is -1.18. The van der Waals surface area contributed by atoms with E-state index in [1.54, 1.807) is 4.90 Å². The van der Waals surface area contributed by atoms with Gasteiger partial charge in [-0.15, -0.1) is 0 Å². The lowest BCUT2D eigenvalue weighted by molar-refractivity contribution is -0.128. The molecule has 4 N–H and O–H groups in total. The number of nitrogens with one attached hydrogen (secondary N) is 2. The van der Waals surface area contributed by atoms with E-state index >= 15 is 0 Å². The van der Waals surface area contributed by atoms with Crippen LogP contribution < -0.4 is 10.9 Å². The van der Waals surface area contributed by atoms with Gasteiger partial charge in [-0.2, -0.15) is 0 Å². The molecule has 1 rings (SSSR count). The van der Waals surface area contributed by atoms with E-state index in [0.717, 1.165) is 0 Å². The normalized spacial score (nSPS) is 26.3. The highest BCUT2D eigenvalue weighted by atomic mass is 16.3. The van der Waals surface area contributed by atoms with Gasteiger partial charge in [0.2, 0.25) is 5.91 Å². The Balaban J connectivity index is 2.24. The number of amides is 2. The van der Waals surface area contributed by atoms with E-state index in [1.807, 2.05) is 0 Å². The Bertz CT molecular complexity index is 248. The molecule has 1 aliphatic heterocycles. The number of rotatable bonds is 2. The summed E-state index contributed by atoms with van der Waals surface area (Å²) in [6, 6.07) is 0. The van der Waals surface area contributed by atoms with Crippen molar-refractivity contribution in [3.05, 3.63) is 0 Å². The molecule has 1 heterocycles. The highest BCUT2D eigenvalue weighted by molar-refractivity contribution is 5.81. The van der Waals surface area contributed by atoms with Gasteiger partial charge < -0.3 is 10.2 Å². The Morgan fingerprint density at radius 2 is 1.80 bits per heavy atom. The predicted octanol–water partition coefficient (Wildman–Crippen LogP) is -2.81. The standard InChI is InChI=1S/C8H15N3O4/c1-5(12)9-10-8(15)4-11-2-6(13)7(14)3-11/h6-7,13-14H,2-4H2,1H3,(H,9,12)(H,10,15)/t6-,7+. The molecular formula is C8H15N3O4. The second-order valence-electron chi connectivity index (χ2n) is 3.56. The maximum Gasteiger partial charge on any atom is 0.252 e. The minimum atomic E-state index is -0.807. The summed E-state index contributed by atoms with van der Waals surface area (Å²) in [6.07, 6.45) is -1.61. The molecule has 2 atom stereocenters. The zero-order valence-corrected chi connectivity index (χ0v) is 8.43. The molecule has 0 radical (unpaired) electrons. The Morgan fingerprint density at radius 3 is 2.27 bits per heavy atom. The molecule has 15 heavy (non-hydrogen) atoms. The van der Waals surface area contributed by atoms with Crippen molar-refractivity contribution in [2.24, 2.45) is 0 Å². The number of hydrazine groups is 1. The monoisotopic (exact) mass is 217 g/mol. The van der Waals surface area contributed by atoms with E-state index in [0.29, 0.717) is 0 Å². The van der Waals surface area contributed by atoms with Gasteiger partial charge in [0.05, 0.1) is 18.8 Å². The largest absolute Gasteiger partial charge is 0.389 e.